The maximum Gasteiger partial charge on any atom is 0.284 e. The van der Waals surface area contributed by atoms with E-state index in [1.165, 1.54) is 16.9 Å². The number of aromatic nitrogens is 7. The van der Waals surface area contributed by atoms with Gasteiger partial charge < -0.3 is 25.8 Å². The lowest BCUT2D eigenvalue weighted by molar-refractivity contribution is -0.134. The van der Waals surface area contributed by atoms with Crippen LogP contribution in [-0.2, 0) is 16.6 Å². The van der Waals surface area contributed by atoms with Gasteiger partial charge in [-0.2, -0.15) is 15.3 Å². The number of piperazine rings is 1. The van der Waals surface area contributed by atoms with Crippen LogP contribution in [0.15, 0.2) is 42.9 Å². The number of hydrogen-bond acceptors (Lipinski definition) is 12. The molecule has 8 heterocycles. The molecule has 4 fully saturated rings. The number of nitrogens with two attached hydrogens (primary N) is 1. The predicted octanol–water partition coefficient (Wildman–Crippen LogP) is 3.25. The second-order valence-electron chi connectivity index (χ2n) is 16.9. The van der Waals surface area contributed by atoms with Crippen LogP contribution in [0.1, 0.15) is 79.2 Å². The minimum Gasteiger partial charge on any atom is -0.366 e. The first-order chi connectivity index (χ1) is 29.4. The van der Waals surface area contributed by atoms with Gasteiger partial charge in [-0.15, -0.1) is 0 Å². The summed E-state index contributed by atoms with van der Waals surface area (Å²) in [4.78, 5) is 51.4. The van der Waals surface area contributed by atoms with Crippen LogP contribution in [0.4, 0.5) is 30.4 Å². The molecular weight excluding hydrogens is 794 g/mol. The van der Waals surface area contributed by atoms with Crippen LogP contribution < -0.4 is 26.2 Å². The van der Waals surface area contributed by atoms with Gasteiger partial charge in [0.15, 0.2) is 11.3 Å². The molecular formula is C41H51F3N14O3. The largest absolute Gasteiger partial charge is 0.366 e. The Bertz CT molecular complexity index is 2430. The Balaban J connectivity index is 0.779. The summed E-state index contributed by atoms with van der Waals surface area (Å²) in [5.74, 6) is -1.18. The fraction of sp³-hybridized carbons (Fsp3) is 0.537. The zero-order valence-electron chi connectivity index (χ0n) is 34.3. The molecule has 4 aliphatic rings. The van der Waals surface area contributed by atoms with E-state index in [9.17, 15) is 27.6 Å². The van der Waals surface area contributed by atoms with Crippen molar-refractivity contribution < 1.29 is 27.6 Å². The van der Waals surface area contributed by atoms with E-state index in [0.717, 1.165) is 75.2 Å². The monoisotopic (exact) mass is 844 g/mol. The number of halogens is 3. The lowest BCUT2D eigenvalue weighted by atomic mass is 9.92. The fourth-order valence-corrected chi connectivity index (χ4v) is 9.47. The van der Waals surface area contributed by atoms with Gasteiger partial charge >= 0.3 is 0 Å². The molecule has 4 atom stereocenters. The second-order valence-corrected chi connectivity index (χ2v) is 16.9. The molecule has 4 aliphatic heterocycles. The molecule has 20 heteroatoms. The lowest BCUT2D eigenvalue weighted by Crippen LogP contribution is -2.53. The summed E-state index contributed by atoms with van der Waals surface area (Å²) in [6, 6.07) is 7.78. The molecule has 4 aromatic heterocycles. The van der Waals surface area contributed by atoms with E-state index in [-0.39, 0.29) is 59.8 Å². The van der Waals surface area contributed by atoms with Crippen LogP contribution in [0.3, 0.4) is 0 Å². The van der Waals surface area contributed by atoms with Crippen molar-refractivity contribution in [2.75, 3.05) is 74.0 Å². The van der Waals surface area contributed by atoms with Gasteiger partial charge in [-0.25, -0.2) is 22.7 Å². The number of hydrogen-bond donors (Lipinski definition) is 3. The van der Waals surface area contributed by atoms with Crippen LogP contribution in [0.5, 0.6) is 0 Å². The van der Waals surface area contributed by atoms with E-state index < -0.39 is 30.1 Å². The van der Waals surface area contributed by atoms with Gasteiger partial charge in [-0.1, -0.05) is 0 Å². The first-order valence-corrected chi connectivity index (χ1v) is 21.1. The number of fused-ring (bicyclic) bond motifs is 2. The van der Waals surface area contributed by atoms with Gasteiger partial charge in [0, 0.05) is 101 Å². The topological polar surface area (TPSA) is 180 Å². The molecule has 0 aliphatic carbocycles. The molecule has 0 bridgehead atoms. The highest BCUT2D eigenvalue weighted by Crippen LogP contribution is 2.34. The minimum atomic E-state index is -2.90. The van der Waals surface area contributed by atoms with Crippen LogP contribution in [0, 0.1) is 0 Å². The molecule has 0 radical (unpaired) electrons. The van der Waals surface area contributed by atoms with Gasteiger partial charge in [0.05, 0.1) is 41.6 Å². The third-order valence-electron chi connectivity index (χ3n) is 12.7. The molecule has 0 saturated carbocycles. The number of rotatable bonds is 10. The fourth-order valence-electron chi connectivity index (χ4n) is 9.47. The molecule has 9 rings (SSSR count). The smallest absolute Gasteiger partial charge is 0.284 e. The van der Waals surface area contributed by atoms with Crippen molar-refractivity contribution in [3.05, 3.63) is 59.8 Å². The van der Waals surface area contributed by atoms with Crippen LogP contribution in [-0.4, -0.2) is 139 Å². The number of alkyl halides is 3. The van der Waals surface area contributed by atoms with Crippen molar-refractivity contribution >= 4 is 51.5 Å². The normalized spacial score (nSPS) is 23.7. The summed E-state index contributed by atoms with van der Waals surface area (Å²) in [6.45, 7) is 8.83. The first-order valence-electron chi connectivity index (χ1n) is 21.1. The summed E-state index contributed by atoms with van der Waals surface area (Å²) in [7, 11) is 1.89. The highest BCUT2D eigenvalue weighted by atomic mass is 19.3. The van der Waals surface area contributed by atoms with Crippen molar-refractivity contribution in [2.45, 2.75) is 75.7 Å². The third kappa shape index (κ3) is 8.27. The molecule has 324 valence electrons. The predicted molar refractivity (Wildman–Crippen MR) is 222 cm³/mol. The van der Waals surface area contributed by atoms with Crippen molar-refractivity contribution in [2.24, 2.45) is 12.8 Å². The average molecular weight is 845 g/mol. The standard InChI is InChI=1S/C41H51F3N14O3/c1-24-20-54(15-16-56(24)28-3-4-29-33(18-28)52(2)50-36(29)30-5-6-35(59)49-40(30)60)14-13-53-10-7-27(8-11-53)58-23-32(37(51-58)38(43)44)47-41(61)31-19-46-57-12-9-34(48-39(31)57)55-21-25(42)17-26(45)22-55/h3-4,9,12,18-19,23-27,30,38H,5-8,10-11,13-17,20-22,45H2,1-2H3,(H,47,61)(H,49,59,60)/t24-,25-,26-,30?/m1/s1. The van der Waals surface area contributed by atoms with Crippen LogP contribution in [0.25, 0.3) is 16.6 Å². The highest BCUT2D eigenvalue weighted by molar-refractivity contribution is 6.08. The molecule has 3 amide bonds. The summed E-state index contributed by atoms with van der Waals surface area (Å²) < 4.78 is 47.6. The Labute approximate surface area is 350 Å². The van der Waals surface area contributed by atoms with Gasteiger partial charge in [-0.05, 0) is 56.9 Å². The van der Waals surface area contributed by atoms with E-state index in [1.807, 2.05) is 17.8 Å². The summed E-state index contributed by atoms with van der Waals surface area (Å²) in [6.07, 6.45) is 2.92. The van der Waals surface area contributed by atoms with Crippen molar-refractivity contribution in [3.63, 3.8) is 0 Å². The number of benzene rings is 1. The average Bonchev–Trinajstić information content (AvgIpc) is 3.95. The molecule has 0 spiro atoms. The number of carbonyl (C=O) groups excluding carboxylic acids is 3. The van der Waals surface area contributed by atoms with Crippen molar-refractivity contribution in [1.82, 2.24) is 49.3 Å². The summed E-state index contributed by atoms with van der Waals surface area (Å²) >= 11 is 0. The van der Waals surface area contributed by atoms with E-state index in [4.69, 9.17) is 10.8 Å². The van der Waals surface area contributed by atoms with Gasteiger partial charge in [0.1, 0.15) is 17.6 Å². The molecule has 1 aromatic carbocycles. The number of nitrogens with one attached hydrogen (secondary N) is 2. The maximum atomic E-state index is 14.3. The number of carbonyl (C=O) groups is 3. The van der Waals surface area contributed by atoms with E-state index in [2.05, 4.69) is 59.6 Å². The Morgan fingerprint density at radius 1 is 1.02 bits per heavy atom. The first kappa shape index (κ1) is 40.8. The number of imide groups is 1. The third-order valence-corrected chi connectivity index (χ3v) is 12.7. The Hall–Kier alpha value is -5.60. The maximum absolute atomic E-state index is 14.3. The number of nitrogens with zero attached hydrogens (tertiary/aromatic N) is 11. The molecule has 4 saturated heterocycles. The number of aryl methyl sites for hydroxylation is 1. The molecule has 61 heavy (non-hydrogen) atoms. The van der Waals surface area contributed by atoms with E-state index in [0.29, 0.717) is 30.9 Å². The highest BCUT2D eigenvalue weighted by Gasteiger charge is 2.33. The Morgan fingerprint density at radius 3 is 2.57 bits per heavy atom. The van der Waals surface area contributed by atoms with Gasteiger partial charge in [-0.3, -0.25) is 34.0 Å². The zero-order valence-corrected chi connectivity index (χ0v) is 34.3. The molecule has 17 nitrogen and oxygen atoms in total. The van der Waals surface area contributed by atoms with Gasteiger partial charge in [0.25, 0.3) is 12.3 Å². The Kier molecular flexibility index (Phi) is 11.2. The zero-order chi connectivity index (χ0) is 42.5. The Morgan fingerprint density at radius 2 is 1.82 bits per heavy atom. The molecule has 4 N–H and O–H groups in total. The lowest BCUT2D eigenvalue weighted by Gasteiger charge is -2.42. The number of amides is 3. The quantitative estimate of drug-likeness (QED) is 0.175. The van der Waals surface area contributed by atoms with Crippen LogP contribution in [0.2, 0.25) is 0 Å². The number of likely N-dealkylation sites (tertiary alicyclic amines) is 1. The number of piperidine rings is 3. The molecule has 1 unspecified atom stereocenters. The summed E-state index contributed by atoms with van der Waals surface area (Å²) in [5, 5.41) is 19.2. The van der Waals surface area contributed by atoms with E-state index >= 15 is 0 Å². The minimum absolute atomic E-state index is 0.0642. The van der Waals surface area contributed by atoms with Gasteiger partial charge in [0.2, 0.25) is 11.8 Å². The SMILES string of the molecule is C[C@@H]1CN(CCN2CCC(n3cc(NC(=O)c4cnn5ccc(N6C[C@H](N)C[C@@H](F)C6)nc45)c(C(F)F)n3)CC2)CCN1c1ccc2c(C3CCC(=O)NC3=O)nn(C)c2c1. The van der Waals surface area contributed by atoms with Crippen molar-refractivity contribution in [1.29, 1.82) is 0 Å². The van der Waals surface area contributed by atoms with Crippen molar-refractivity contribution in [3.8, 4) is 0 Å². The number of anilines is 3. The summed E-state index contributed by atoms with van der Waals surface area (Å²) in [5.41, 5.74) is 8.53. The van der Waals surface area contributed by atoms with E-state index in [1.54, 1.807) is 21.8 Å². The second kappa shape index (κ2) is 16.7. The van der Waals surface area contributed by atoms with Crippen LogP contribution >= 0.6 is 0 Å². The molecule has 5 aromatic rings.